The van der Waals surface area contributed by atoms with Gasteiger partial charge in [-0.15, -0.1) is 0 Å². The van der Waals surface area contributed by atoms with Crippen LogP contribution in [0.25, 0.3) is 5.65 Å². The summed E-state index contributed by atoms with van der Waals surface area (Å²) >= 11 is 0. The van der Waals surface area contributed by atoms with Gasteiger partial charge in [-0.25, -0.2) is 9.78 Å². The van der Waals surface area contributed by atoms with E-state index < -0.39 is 5.97 Å². The molecule has 0 unspecified atom stereocenters. The van der Waals surface area contributed by atoms with Gasteiger partial charge in [-0.1, -0.05) is 0 Å². The van der Waals surface area contributed by atoms with Gasteiger partial charge in [0.15, 0.2) is 11.3 Å². The summed E-state index contributed by atoms with van der Waals surface area (Å²) in [5, 5.41) is 9.04. The van der Waals surface area contributed by atoms with E-state index in [2.05, 4.69) is 9.97 Å². The molecule has 0 atom stereocenters. The molecule has 0 bridgehead atoms. The van der Waals surface area contributed by atoms with Crippen molar-refractivity contribution < 1.29 is 14.6 Å². The van der Waals surface area contributed by atoms with Crippen LogP contribution >= 0.6 is 0 Å². The standard InChI is InChI=1S/C9H9N3O3/c1-5-8(9(13)14)12-6(11-5)3-10-4-7(12)15-2/h3-4H,1-2H3,(H,13,14). The first kappa shape index (κ1) is 9.45. The molecule has 15 heavy (non-hydrogen) atoms. The Morgan fingerprint density at radius 2 is 2.27 bits per heavy atom. The molecule has 6 nitrogen and oxygen atoms in total. The van der Waals surface area contributed by atoms with Crippen LogP contribution in [-0.2, 0) is 0 Å². The second-order valence-corrected chi connectivity index (χ2v) is 2.99. The SMILES string of the molecule is COc1cncc2nc(C)c(C(=O)O)n12. The lowest BCUT2D eigenvalue weighted by molar-refractivity contribution is 0.0687. The van der Waals surface area contributed by atoms with Gasteiger partial charge < -0.3 is 9.84 Å². The fourth-order valence-corrected chi connectivity index (χ4v) is 1.48. The molecule has 0 aliphatic heterocycles. The highest BCUT2D eigenvalue weighted by Gasteiger charge is 2.18. The number of nitrogens with zero attached hydrogens (tertiary/aromatic N) is 3. The Hall–Kier alpha value is -2.11. The van der Waals surface area contributed by atoms with E-state index in [9.17, 15) is 4.79 Å². The quantitative estimate of drug-likeness (QED) is 0.786. The molecule has 0 aliphatic carbocycles. The number of aromatic carboxylic acids is 1. The Labute approximate surface area is 85.2 Å². The maximum Gasteiger partial charge on any atom is 0.354 e. The zero-order chi connectivity index (χ0) is 11.0. The molecule has 2 rings (SSSR count). The molecule has 78 valence electrons. The van der Waals surface area contributed by atoms with E-state index in [0.717, 1.165) is 0 Å². The van der Waals surface area contributed by atoms with Crippen LogP contribution in [0.15, 0.2) is 12.4 Å². The minimum Gasteiger partial charge on any atom is -0.481 e. The third-order valence-corrected chi connectivity index (χ3v) is 2.08. The van der Waals surface area contributed by atoms with E-state index in [-0.39, 0.29) is 5.69 Å². The highest BCUT2D eigenvalue weighted by atomic mass is 16.5. The summed E-state index contributed by atoms with van der Waals surface area (Å²) in [6.07, 6.45) is 2.93. The molecule has 2 aromatic rings. The maximum absolute atomic E-state index is 11.0. The highest BCUT2D eigenvalue weighted by Crippen LogP contribution is 2.18. The Bertz CT molecular complexity index is 533. The Balaban J connectivity index is 2.88. The summed E-state index contributed by atoms with van der Waals surface area (Å²) < 4.78 is 6.45. The number of aromatic nitrogens is 3. The van der Waals surface area contributed by atoms with Crippen molar-refractivity contribution >= 4 is 11.6 Å². The van der Waals surface area contributed by atoms with Crippen LogP contribution in [0.4, 0.5) is 0 Å². The molecular weight excluding hydrogens is 198 g/mol. The molecule has 0 aromatic carbocycles. The summed E-state index contributed by atoms with van der Waals surface area (Å²) in [4.78, 5) is 19.0. The zero-order valence-electron chi connectivity index (χ0n) is 8.26. The second kappa shape index (κ2) is 3.23. The molecule has 0 fully saturated rings. The van der Waals surface area contributed by atoms with Crippen molar-refractivity contribution in [3.63, 3.8) is 0 Å². The summed E-state index contributed by atoms with van der Waals surface area (Å²) in [6.45, 7) is 1.63. The average Bonchev–Trinajstić information content (AvgIpc) is 2.53. The molecule has 6 heteroatoms. The first-order valence-electron chi connectivity index (χ1n) is 4.25. The van der Waals surface area contributed by atoms with Gasteiger partial charge in [0.05, 0.1) is 25.2 Å². The predicted molar refractivity (Wildman–Crippen MR) is 51.2 cm³/mol. The third-order valence-electron chi connectivity index (χ3n) is 2.08. The topological polar surface area (TPSA) is 76.7 Å². The second-order valence-electron chi connectivity index (χ2n) is 2.99. The van der Waals surface area contributed by atoms with E-state index in [1.54, 1.807) is 6.92 Å². The van der Waals surface area contributed by atoms with E-state index in [0.29, 0.717) is 17.2 Å². The van der Waals surface area contributed by atoms with Crippen molar-refractivity contribution in [3.8, 4) is 5.88 Å². The van der Waals surface area contributed by atoms with Crippen molar-refractivity contribution in [2.45, 2.75) is 6.92 Å². The number of carboxylic acids is 1. The number of rotatable bonds is 2. The van der Waals surface area contributed by atoms with Gasteiger partial charge in [0.1, 0.15) is 0 Å². The molecule has 0 aliphatic rings. The van der Waals surface area contributed by atoms with Crippen molar-refractivity contribution in [2.75, 3.05) is 7.11 Å². The predicted octanol–water partition coefficient (Wildman–Crippen LogP) is 0.745. The summed E-state index contributed by atoms with van der Waals surface area (Å²) in [5.74, 6) is -0.685. The van der Waals surface area contributed by atoms with Crippen LogP contribution in [0.5, 0.6) is 5.88 Å². The number of imidazole rings is 1. The van der Waals surface area contributed by atoms with Crippen LogP contribution in [0.2, 0.25) is 0 Å². The van der Waals surface area contributed by atoms with Crippen molar-refractivity contribution in [1.29, 1.82) is 0 Å². The number of hydrogen-bond acceptors (Lipinski definition) is 4. The number of hydrogen-bond donors (Lipinski definition) is 1. The Morgan fingerprint density at radius 3 is 2.87 bits per heavy atom. The van der Waals surface area contributed by atoms with Gasteiger partial charge >= 0.3 is 5.97 Å². The summed E-state index contributed by atoms with van der Waals surface area (Å²) in [5.41, 5.74) is 1.00. The lowest BCUT2D eigenvalue weighted by Crippen LogP contribution is -2.06. The number of fused-ring (bicyclic) bond motifs is 1. The largest absolute Gasteiger partial charge is 0.481 e. The van der Waals surface area contributed by atoms with Gasteiger partial charge in [0, 0.05) is 0 Å². The fourth-order valence-electron chi connectivity index (χ4n) is 1.48. The molecule has 1 N–H and O–H groups in total. The van der Waals surface area contributed by atoms with Crippen LogP contribution in [-0.4, -0.2) is 32.6 Å². The fraction of sp³-hybridized carbons (Fsp3) is 0.222. The number of ether oxygens (including phenoxy) is 1. The molecule has 2 heterocycles. The Kier molecular flexibility index (Phi) is 2.03. The molecule has 0 saturated carbocycles. The minimum absolute atomic E-state index is 0.101. The lowest BCUT2D eigenvalue weighted by atomic mass is 10.3. The van der Waals surface area contributed by atoms with E-state index in [1.165, 1.54) is 23.9 Å². The number of carbonyl (C=O) groups is 1. The molecule has 0 amide bonds. The lowest BCUT2D eigenvalue weighted by Gasteiger charge is -2.03. The third kappa shape index (κ3) is 1.30. The molecule has 2 aromatic heterocycles. The van der Waals surface area contributed by atoms with Crippen LogP contribution in [0.1, 0.15) is 16.2 Å². The highest BCUT2D eigenvalue weighted by molar-refractivity contribution is 5.88. The van der Waals surface area contributed by atoms with Crippen LogP contribution < -0.4 is 4.74 Å². The van der Waals surface area contributed by atoms with Gasteiger partial charge in [0.25, 0.3) is 0 Å². The van der Waals surface area contributed by atoms with Gasteiger partial charge in [-0.05, 0) is 6.92 Å². The molecule has 0 spiro atoms. The number of methoxy groups -OCH3 is 1. The number of aryl methyl sites for hydroxylation is 1. The van der Waals surface area contributed by atoms with E-state index in [4.69, 9.17) is 9.84 Å². The van der Waals surface area contributed by atoms with Crippen molar-refractivity contribution in [1.82, 2.24) is 14.4 Å². The van der Waals surface area contributed by atoms with Gasteiger partial charge in [0.2, 0.25) is 5.88 Å². The van der Waals surface area contributed by atoms with Crippen LogP contribution in [0, 0.1) is 6.92 Å². The number of carboxylic acid groups (broad SMARTS) is 1. The summed E-state index contributed by atoms with van der Waals surface area (Å²) in [6, 6.07) is 0. The maximum atomic E-state index is 11.0. The molecular formula is C9H9N3O3. The van der Waals surface area contributed by atoms with E-state index in [1.807, 2.05) is 0 Å². The van der Waals surface area contributed by atoms with E-state index >= 15 is 0 Å². The molecule has 0 radical (unpaired) electrons. The zero-order valence-corrected chi connectivity index (χ0v) is 8.26. The van der Waals surface area contributed by atoms with Crippen molar-refractivity contribution in [2.24, 2.45) is 0 Å². The van der Waals surface area contributed by atoms with Gasteiger partial charge in [-0.2, -0.15) is 0 Å². The van der Waals surface area contributed by atoms with Gasteiger partial charge in [-0.3, -0.25) is 9.38 Å². The average molecular weight is 207 g/mol. The summed E-state index contributed by atoms with van der Waals surface area (Å²) in [7, 11) is 1.46. The smallest absolute Gasteiger partial charge is 0.354 e. The van der Waals surface area contributed by atoms with Crippen LogP contribution in [0.3, 0.4) is 0 Å². The normalized spacial score (nSPS) is 10.5. The first-order chi connectivity index (χ1) is 7.15. The molecule has 0 saturated heterocycles. The Morgan fingerprint density at radius 1 is 1.53 bits per heavy atom. The first-order valence-corrected chi connectivity index (χ1v) is 4.25. The van der Waals surface area contributed by atoms with Crippen molar-refractivity contribution in [3.05, 3.63) is 23.8 Å². The minimum atomic E-state index is -1.04. The monoisotopic (exact) mass is 207 g/mol.